The lowest BCUT2D eigenvalue weighted by atomic mass is 10.1. The van der Waals surface area contributed by atoms with E-state index in [-0.39, 0.29) is 6.04 Å². The van der Waals surface area contributed by atoms with Gasteiger partial charge in [-0.05, 0) is 48.7 Å². The highest BCUT2D eigenvalue weighted by atomic mass is 16.6. The van der Waals surface area contributed by atoms with Gasteiger partial charge in [0.25, 0.3) is 0 Å². The summed E-state index contributed by atoms with van der Waals surface area (Å²) in [5.74, 6) is 3.10. The molecule has 1 amide bonds. The van der Waals surface area contributed by atoms with Crippen molar-refractivity contribution in [1.82, 2.24) is 15.2 Å². The van der Waals surface area contributed by atoms with Crippen molar-refractivity contribution in [3.63, 3.8) is 0 Å². The summed E-state index contributed by atoms with van der Waals surface area (Å²) in [7, 11) is 1.97. The van der Waals surface area contributed by atoms with E-state index in [2.05, 4.69) is 28.4 Å². The highest BCUT2D eigenvalue weighted by Gasteiger charge is 2.24. The Morgan fingerprint density at radius 1 is 1.28 bits per heavy atom. The Morgan fingerprint density at radius 3 is 3.00 bits per heavy atom. The lowest BCUT2D eigenvalue weighted by Gasteiger charge is -2.17. The average Bonchev–Trinajstić information content (AvgIpc) is 3.13. The predicted octanol–water partition coefficient (Wildman–Crippen LogP) is 4.08. The van der Waals surface area contributed by atoms with Gasteiger partial charge in [0.15, 0.2) is 5.75 Å². The minimum Gasteiger partial charge on any atom is -0.408 e. The molecule has 1 atom stereocenters. The summed E-state index contributed by atoms with van der Waals surface area (Å²) in [6.07, 6.45) is 8.49. The Hall–Kier alpha value is -3.36. The maximum absolute atomic E-state index is 12.6. The second-order valence-corrected chi connectivity index (χ2v) is 7.32. The van der Waals surface area contributed by atoms with Gasteiger partial charge in [-0.25, -0.2) is 4.79 Å². The molecule has 0 radical (unpaired) electrons. The number of carbonyl (C=O) groups is 1. The highest BCUT2D eigenvalue weighted by molar-refractivity contribution is 5.89. The summed E-state index contributed by atoms with van der Waals surface area (Å²) in [5.41, 5.74) is 4.20. The summed E-state index contributed by atoms with van der Waals surface area (Å²) in [6.45, 7) is 1.25. The third-order valence-electron chi connectivity index (χ3n) is 5.25. The van der Waals surface area contributed by atoms with Gasteiger partial charge >= 0.3 is 6.09 Å². The van der Waals surface area contributed by atoms with Crippen LogP contribution in [0.5, 0.6) is 5.75 Å². The lowest BCUT2D eigenvalue weighted by molar-refractivity contribution is 0.196. The molecule has 146 valence electrons. The Kier molecular flexibility index (Phi) is 5.46. The smallest absolute Gasteiger partial charge is 0.408 e. The number of nitrogens with one attached hydrogen (secondary N) is 1. The van der Waals surface area contributed by atoms with E-state index in [1.807, 2.05) is 42.3 Å². The topological polar surface area (TPSA) is 54.5 Å². The largest absolute Gasteiger partial charge is 0.413 e. The van der Waals surface area contributed by atoms with Gasteiger partial charge in [0, 0.05) is 18.1 Å². The molecule has 1 aromatic heterocycles. The summed E-state index contributed by atoms with van der Waals surface area (Å²) in [4.78, 5) is 19.1. The SMILES string of the molecule is C#CCN(C)Cc1ccc(OC(=O)NC2CCc3ccccc32)c2ncccc12. The quantitative estimate of drug-likeness (QED) is 0.673. The molecule has 4 rings (SSSR count). The number of rotatable bonds is 5. The molecular formula is C24H23N3O2. The zero-order valence-corrected chi connectivity index (χ0v) is 16.4. The molecule has 0 fully saturated rings. The van der Waals surface area contributed by atoms with Crippen LogP contribution < -0.4 is 10.1 Å². The number of carbonyl (C=O) groups excluding carboxylic acids is 1. The van der Waals surface area contributed by atoms with E-state index in [0.29, 0.717) is 24.4 Å². The van der Waals surface area contributed by atoms with Gasteiger partial charge < -0.3 is 10.1 Å². The molecule has 29 heavy (non-hydrogen) atoms. The number of ether oxygens (including phenoxy) is 1. The number of amides is 1. The molecule has 0 saturated heterocycles. The van der Waals surface area contributed by atoms with Crippen molar-refractivity contribution in [1.29, 1.82) is 0 Å². The fourth-order valence-electron chi connectivity index (χ4n) is 3.91. The molecule has 5 heteroatoms. The number of pyridine rings is 1. The van der Waals surface area contributed by atoms with Gasteiger partial charge in [0.2, 0.25) is 0 Å². The Labute approximate surface area is 170 Å². The summed E-state index contributed by atoms with van der Waals surface area (Å²) >= 11 is 0. The second kappa shape index (κ2) is 8.34. The number of hydrogen-bond acceptors (Lipinski definition) is 4. The summed E-state index contributed by atoms with van der Waals surface area (Å²) < 4.78 is 5.65. The Bertz CT molecular complexity index is 1090. The third-order valence-corrected chi connectivity index (χ3v) is 5.25. The first-order valence-corrected chi connectivity index (χ1v) is 9.70. The predicted molar refractivity (Wildman–Crippen MR) is 114 cm³/mol. The van der Waals surface area contributed by atoms with Gasteiger partial charge in [0.1, 0.15) is 5.52 Å². The molecule has 0 bridgehead atoms. The van der Waals surface area contributed by atoms with Crippen molar-refractivity contribution >= 4 is 17.0 Å². The zero-order valence-electron chi connectivity index (χ0n) is 16.4. The lowest BCUT2D eigenvalue weighted by Crippen LogP contribution is -2.30. The minimum atomic E-state index is -0.462. The van der Waals surface area contributed by atoms with E-state index in [4.69, 9.17) is 11.2 Å². The van der Waals surface area contributed by atoms with Crippen molar-refractivity contribution in [3.05, 3.63) is 71.4 Å². The fourth-order valence-corrected chi connectivity index (χ4v) is 3.91. The van der Waals surface area contributed by atoms with Crippen molar-refractivity contribution in [2.45, 2.75) is 25.4 Å². The van der Waals surface area contributed by atoms with Crippen molar-refractivity contribution in [2.75, 3.05) is 13.6 Å². The molecule has 1 aliphatic rings. The van der Waals surface area contributed by atoms with E-state index in [1.165, 1.54) is 11.1 Å². The molecule has 5 nitrogen and oxygen atoms in total. The molecule has 2 aromatic carbocycles. The van der Waals surface area contributed by atoms with Crippen LogP contribution in [0.2, 0.25) is 0 Å². The van der Waals surface area contributed by atoms with Gasteiger partial charge in [-0.2, -0.15) is 0 Å². The highest BCUT2D eigenvalue weighted by Crippen LogP contribution is 2.31. The standard InChI is InChI=1S/C24H23N3O2/c1-3-15-27(2)16-18-11-13-22(23-20(18)9-6-14-25-23)29-24(28)26-21-12-10-17-7-4-5-8-19(17)21/h1,4-9,11,13-14,21H,10,12,15-16H2,2H3,(H,26,28). The number of hydrogen-bond donors (Lipinski definition) is 1. The monoisotopic (exact) mass is 385 g/mol. The molecule has 1 heterocycles. The van der Waals surface area contributed by atoms with Crippen LogP contribution in [0.4, 0.5) is 4.79 Å². The van der Waals surface area contributed by atoms with E-state index >= 15 is 0 Å². The zero-order chi connectivity index (χ0) is 20.2. The first-order chi connectivity index (χ1) is 14.2. The average molecular weight is 385 g/mol. The number of terminal acetylenes is 1. The van der Waals surface area contributed by atoms with E-state index in [9.17, 15) is 4.79 Å². The molecule has 3 aromatic rings. The van der Waals surface area contributed by atoms with Gasteiger partial charge in [0.05, 0.1) is 12.6 Å². The fraction of sp³-hybridized carbons (Fsp3) is 0.250. The van der Waals surface area contributed by atoms with Crippen molar-refractivity contribution < 1.29 is 9.53 Å². The van der Waals surface area contributed by atoms with Crippen LogP contribution in [0, 0.1) is 12.3 Å². The Morgan fingerprint density at radius 2 is 2.14 bits per heavy atom. The molecule has 1 aliphatic carbocycles. The third kappa shape index (κ3) is 4.08. The molecule has 1 unspecified atom stereocenters. The van der Waals surface area contributed by atoms with Crippen LogP contribution in [0.15, 0.2) is 54.7 Å². The second-order valence-electron chi connectivity index (χ2n) is 7.32. The first kappa shape index (κ1) is 19.0. The molecular weight excluding hydrogens is 362 g/mol. The molecule has 0 spiro atoms. The van der Waals surface area contributed by atoms with E-state index in [0.717, 1.165) is 23.8 Å². The normalized spacial score (nSPS) is 15.1. The van der Waals surface area contributed by atoms with Crippen LogP contribution in [-0.2, 0) is 13.0 Å². The van der Waals surface area contributed by atoms with E-state index in [1.54, 1.807) is 12.3 Å². The van der Waals surface area contributed by atoms with Gasteiger partial charge in [-0.15, -0.1) is 6.42 Å². The summed E-state index contributed by atoms with van der Waals surface area (Å²) in [6, 6.07) is 15.8. The van der Waals surface area contributed by atoms with Gasteiger partial charge in [-0.1, -0.05) is 42.3 Å². The van der Waals surface area contributed by atoms with Crippen LogP contribution >= 0.6 is 0 Å². The van der Waals surface area contributed by atoms with Crippen molar-refractivity contribution in [2.24, 2.45) is 0 Å². The Balaban J connectivity index is 1.53. The van der Waals surface area contributed by atoms with Crippen molar-refractivity contribution in [3.8, 4) is 18.1 Å². The van der Waals surface area contributed by atoms with Gasteiger partial charge in [-0.3, -0.25) is 9.88 Å². The van der Waals surface area contributed by atoms with Crippen LogP contribution in [0.1, 0.15) is 29.2 Å². The number of aromatic nitrogens is 1. The first-order valence-electron chi connectivity index (χ1n) is 9.70. The summed E-state index contributed by atoms with van der Waals surface area (Å²) in [5, 5.41) is 3.94. The number of aryl methyl sites for hydroxylation is 1. The molecule has 1 N–H and O–H groups in total. The molecule has 0 aliphatic heterocycles. The van der Waals surface area contributed by atoms with Crippen LogP contribution in [-0.4, -0.2) is 29.6 Å². The molecule has 0 saturated carbocycles. The number of benzene rings is 2. The van der Waals surface area contributed by atoms with Crippen LogP contribution in [0.3, 0.4) is 0 Å². The number of nitrogens with zero attached hydrogens (tertiary/aromatic N) is 2. The van der Waals surface area contributed by atoms with E-state index < -0.39 is 6.09 Å². The maximum Gasteiger partial charge on any atom is 0.413 e. The minimum absolute atomic E-state index is 0.0189. The van der Waals surface area contributed by atoms with Crippen LogP contribution in [0.25, 0.3) is 10.9 Å². The number of fused-ring (bicyclic) bond motifs is 2. The maximum atomic E-state index is 12.6.